The first kappa shape index (κ1) is 23.3. The molecule has 1 aromatic carbocycles. The van der Waals surface area contributed by atoms with E-state index >= 15 is 4.39 Å². The van der Waals surface area contributed by atoms with Crippen LogP contribution in [0.15, 0.2) is 65.4 Å². The van der Waals surface area contributed by atoms with E-state index in [0.717, 1.165) is 16.8 Å². The van der Waals surface area contributed by atoms with Gasteiger partial charge in [0, 0.05) is 35.7 Å². The van der Waals surface area contributed by atoms with Gasteiger partial charge in [0.15, 0.2) is 0 Å². The minimum absolute atomic E-state index is 0.202. The molecule has 0 unspecified atom stereocenters. The number of rotatable bonds is 7. The van der Waals surface area contributed by atoms with Crippen molar-refractivity contribution < 1.29 is 4.39 Å². The van der Waals surface area contributed by atoms with Crippen LogP contribution in [0, 0.1) is 5.82 Å². The summed E-state index contributed by atoms with van der Waals surface area (Å²) in [4.78, 5) is 8.50. The summed E-state index contributed by atoms with van der Waals surface area (Å²) in [5, 5.41) is 0. The third kappa shape index (κ3) is 6.76. The number of nitrogens with zero attached hydrogens (tertiary/aromatic N) is 2. The molecule has 0 amide bonds. The molecule has 0 aliphatic rings. The van der Waals surface area contributed by atoms with Crippen molar-refractivity contribution in [3.05, 3.63) is 77.9 Å². The lowest BCUT2D eigenvalue weighted by atomic mass is 9.81. The Hall–Kier alpha value is -2.75. The van der Waals surface area contributed by atoms with Gasteiger partial charge in [0.1, 0.15) is 5.82 Å². The summed E-state index contributed by atoms with van der Waals surface area (Å²) in [5.41, 5.74) is 9.76. The molecule has 0 spiro atoms. The second kappa shape index (κ2) is 9.98. The fraction of sp³-hybridized carbons (Fsp3) is 0.333. The van der Waals surface area contributed by atoms with Gasteiger partial charge < -0.3 is 5.73 Å². The van der Waals surface area contributed by atoms with E-state index in [0.29, 0.717) is 29.0 Å². The van der Waals surface area contributed by atoms with E-state index in [2.05, 4.69) is 43.9 Å². The summed E-state index contributed by atoms with van der Waals surface area (Å²) >= 11 is 0. The molecule has 0 heterocycles. The molecule has 0 atom stereocenters. The van der Waals surface area contributed by atoms with Crippen molar-refractivity contribution >= 4 is 17.1 Å². The third-order valence-electron chi connectivity index (χ3n) is 4.08. The average molecular weight is 382 g/mol. The molecule has 1 aromatic rings. The highest BCUT2D eigenvalue weighted by atomic mass is 19.1. The monoisotopic (exact) mass is 381 g/mol. The second-order valence-corrected chi connectivity index (χ2v) is 7.97. The summed E-state index contributed by atoms with van der Waals surface area (Å²) in [6.45, 7) is 19.3. The highest BCUT2D eigenvalue weighted by molar-refractivity contribution is 5.86. The number of halogens is 1. The minimum Gasteiger partial charge on any atom is -0.387 e. The summed E-state index contributed by atoms with van der Waals surface area (Å²) < 4.78 is 15.6. The zero-order valence-corrected chi connectivity index (χ0v) is 17.9. The number of benzene rings is 1. The van der Waals surface area contributed by atoms with Crippen molar-refractivity contribution in [1.82, 2.24) is 0 Å². The van der Waals surface area contributed by atoms with Gasteiger partial charge in [-0.2, -0.15) is 0 Å². The Balaban J connectivity index is 3.54. The van der Waals surface area contributed by atoms with Crippen molar-refractivity contribution in [2.45, 2.75) is 53.4 Å². The molecule has 0 radical (unpaired) electrons. The lowest BCUT2D eigenvalue weighted by Gasteiger charge is -2.24. The maximum atomic E-state index is 15.6. The van der Waals surface area contributed by atoms with Gasteiger partial charge in [0.05, 0.1) is 5.84 Å². The predicted octanol–water partition coefficient (Wildman–Crippen LogP) is 6.12. The highest BCUT2D eigenvalue weighted by Crippen LogP contribution is 2.32. The first-order valence-electron chi connectivity index (χ1n) is 9.27. The van der Waals surface area contributed by atoms with Crippen LogP contribution >= 0.6 is 0 Å². The largest absolute Gasteiger partial charge is 0.387 e. The number of allylic oxidation sites excluding steroid dienone is 4. The number of nitrogens with two attached hydrogens (primary N) is 1. The minimum atomic E-state index is -0.276. The van der Waals surface area contributed by atoms with Crippen LogP contribution in [0.4, 0.5) is 4.39 Å². The van der Waals surface area contributed by atoms with Crippen molar-refractivity contribution in [3.63, 3.8) is 0 Å². The van der Waals surface area contributed by atoms with E-state index in [9.17, 15) is 0 Å². The standard InChI is InChI=1S/C24H32FN3/c1-9-19(15-28-18(5)26)20-10-11-22(24(6,7)8)21(23(20)25)14-17(4)27-13-12-16(2)3/h9-13,15H,1-2,14H2,3-8H3,(H2,26,28)/b13-12-,19-15+,27-17+. The maximum Gasteiger partial charge on any atom is 0.134 e. The van der Waals surface area contributed by atoms with Crippen molar-refractivity contribution in [2.75, 3.05) is 0 Å². The average Bonchev–Trinajstić information content (AvgIpc) is 2.56. The van der Waals surface area contributed by atoms with Gasteiger partial charge >= 0.3 is 0 Å². The van der Waals surface area contributed by atoms with Crippen molar-refractivity contribution in [2.24, 2.45) is 15.7 Å². The molecular formula is C24H32FN3. The van der Waals surface area contributed by atoms with Crippen LogP contribution in [0.1, 0.15) is 58.2 Å². The Morgan fingerprint density at radius 3 is 2.32 bits per heavy atom. The van der Waals surface area contributed by atoms with Gasteiger partial charge in [-0.25, -0.2) is 9.38 Å². The van der Waals surface area contributed by atoms with E-state index in [1.54, 1.807) is 25.3 Å². The lowest BCUT2D eigenvalue weighted by Crippen LogP contribution is -2.18. The molecule has 0 aromatic heterocycles. The summed E-state index contributed by atoms with van der Waals surface area (Å²) in [6, 6.07) is 3.75. The van der Waals surface area contributed by atoms with Crippen LogP contribution in [-0.4, -0.2) is 11.5 Å². The molecule has 2 N–H and O–H groups in total. The van der Waals surface area contributed by atoms with E-state index in [-0.39, 0.29) is 11.2 Å². The summed E-state index contributed by atoms with van der Waals surface area (Å²) in [6.07, 6.45) is 7.06. The first-order chi connectivity index (χ1) is 13.0. The van der Waals surface area contributed by atoms with E-state index in [4.69, 9.17) is 5.73 Å². The number of aliphatic imine (C=N–C) groups is 2. The van der Waals surface area contributed by atoms with E-state index < -0.39 is 0 Å². The first-order valence-corrected chi connectivity index (χ1v) is 9.27. The van der Waals surface area contributed by atoms with Gasteiger partial charge in [-0.1, -0.05) is 57.7 Å². The molecule has 0 fully saturated rings. The maximum absolute atomic E-state index is 15.6. The number of hydrogen-bond acceptors (Lipinski definition) is 2. The zero-order valence-electron chi connectivity index (χ0n) is 17.9. The quantitative estimate of drug-likeness (QED) is 0.345. The topological polar surface area (TPSA) is 50.7 Å². The fourth-order valence-electron chi connectivity index (χ4n) is 2.72. The molecule has 3 nitrogen and oxygen atoms in total. The van der Waals surface area contributed by atoms with Crippen LogP contribution in [-0.2, 0) is 11.8 Å². The molecule has 0 bridgehead atoms. The Kier molecular flexibility index (Phi) is 8.30. The molecule has 150 valence electrons. The van der Waals surface area contributed by atoms with Crippen LogP contribution in [0.5, 0.6) is 0 Å². The van der Waals surface area contributed by atoms with Crippen LogP contribution in [0.3, 0.4) is 0 Å². The van der Waals surface area contributed by atoms with E-state index in [1.165, 1.54) is 6.20 Å². The van der Waals surface area contributed by atoms with Crippen molar-refractivity contribution in [3.8, 4) is 0 Å². The number of hydrogen-bond donors (Lipinski definition) is 1. The molecule has 0 aliphatic heterocycles. The van der Waals surface area contributed by atoms with Crippen LogP contribution in [0.25, 0.3) is 5.57 Å². The fourth-order valence-corrected chi connectivity index (χ4v) is 2.72. The predicted molar refractivity (Wildman–Crippen MR) is 121 cm³/mol. The molecular weight excluding hydrogens is 349 g/mol. The molecule has 0 saturated carbocycles. The van der Waals surface area contributed by atoms with Gasteiger partial charge in [-0.15, -0.1) is 0 Å². The van der Waals surface area contributed by atoms with Gasteiger partial charge in [-0.05, 0) is 43.4 Å². The third-order valence-corrected chi connectivity index (χ3v) is 4.08. The Morgan fingerprint density at radius 1 is 1.18 bits per heavy atom. The van der Waals surface area contributed by atoms with Crippen LogP contribution in [0.2, 0.25) is 0 Å². The van der Waals surface area contributed by atoms with Gasteiger partial charge in [0.2, 0.25) is 0 Å². The van der Waals surface area contributed by atoms with Crippen molar-refractivity contribution in [1.29, 1.82) is 0 Å². The van der Waals surface area contributed by atoms with Gasteiger partial charge in [-0.3, -0.25) is 4.99 Å². The van der Waals surface area contributed by atoms with E-state index in [1.807, 2.05) is 26.0 Å². The zero-order chi connectivity index (χ0) is 21.5. The highest BCUT2D eigenvalue weighted by Gasteiger charge is 2.23. The molecule has 0 aliphatic carbocycles. The van der Waals surface area contributed by atoms with Gasteiger partial charge in [0.25, 0.3) is 0 Å². The normalized spacial score (nSPS) is 13.9. The smallest absolute Gasteiger partial charge is 0.134 e. The number of amidine groups is 1. The Morgan fingerprint density at radius 2 is 1.82 bits per heavy atom. The Labute approximate surface area is 169 Å². The SMILES string of the molecule is C=C/C(=C\N=C(/C)N)c1ccc(C(C)(C)C)c(C/C(C)=N/C=C\C(=C)C)c1F. The summed E-state index contributed by atoms with van der Waals surface area (Å²) in [7, 11) is 0. The summed E-state index contributed by atoms with van der Waals surface area (Å²) in [5.74, 6) is 0.125. The molecule has 1 rings (SSSR count). The molecule has 0 saturated heterocycles. The second-order valence-electron chi connectivity index (χ2n) is 7.97. The lowest BCUT2D eigenvalue weighted by molar-refractivity contribution is 0.559. The Bertz CT molecular complexity index is 859. The van der Waals surface area contributed by atoms with Crippen LogP contribution < -0.4 is 5.73 Å². The molecule has 28 heavy (non-hydrogen) atoms. The molecule has 4 heteroatoms.